The van der Waals surface area contributed by atoms with E-state index < -0.39 is 10.4 Å². The van der Waals surface area contributed by atoms with Crippen LogP contribution >= 0.6 is 0 Å². The van der Waals surface area contributed by atoms with Crippen molar-refractivity contribution in [2.45, 2.75) is 213 Å². The van der Waals surface area contributed by atoms with Gasteiger partial charge in [-0.25, -0.2) is 8.42 Å². The second-order valence-electron chi connectivity index (χ2n) is 13.0. The molecule has 0 bridgehead atoms. The summed E-state index contributed by atoms with van der Waals surface area (Å²) in [7, 11) is -4.62. The molecule has 0 fully saturated rings. The molecule has 0 aliphatic heterocycles. The molecule has 6 heteroatoms. The van der Waals surface area contributed by atoms with Crippen molar-refractivity contribution in [2.75, 3.05) is 6.61 Å². The number of hydrogen-bond donors (Lipinski definition) is 0. The van der Waals surface area contributed by atoms with Crippen LogP contribution in [0.1, 0.15) is 213 Å². The third kappa shape index (κ3) is 40.6. The Kier molecular flexibility index (Phi) is 39.4. The molecule has 252 valence electrons. The summed E-state index contributed by atoms with van der Waals surface area (Å²) in [6.07, 6.45) is 45.3. The van der Waals surface area contributed by atoms with Crippen LogP contribution < -0.4 is 29.6 Å². The third-order valence-electron chi connectivity index (χ3n) is 8.74. The first kappa shape index (κ1) is 45.7. The molecule has 0 amide bonds. The normalized spacial score (nSPS) is 12.6. The summed E-state index contributed by atoms with van der Waals surface area (Å²) >= 11 is 0. The van der Waals surface area contributed by atoms with E-state index in [0.717, 1.165) is 19.3 Å². The molecule has 0 N–H and O–H groups in total. The van der Waals surface area contributed by atoms with Gasteiger partial charge >= 0.3 is 29.6 Å². The zero-order valence-electron chi connectivity index (χ0n) is 29.4. The topological polar surface area (TPSA) is 66.4 Å². The van der Waals surface area contributed by atoms with Gasteiger partial charge in [-0.15, -0.1) is 0 Å². The molecule has 0 aromatic rings. The van der Waals surface area contributed by atoms with Crippen LogP contribution in [-0.4, -0.2) is 19.6 Å². The summed E-state index contributed by atoms with van der Waals surface area (Å²) < 4.78 is 37.5. The molecule has 43 heavy (non-hydrogen) atoms. The molecule has 0 aliphatic carbocycles. The summed E-state index contributed by atoms with van der Waals surface area (Å²) in [6.45, 7) is 4.54. The van der Waals surface area contributed by atoms with Crippen LogP contribution in [0.3, 0.4) is 0 Å². The van der Waals surface area contributed by atoms with Gasteiger partial charge in [0.1, 0.15) is 0 Å². The van der Waals surface area contributed by atoms with Crippen molar-refractivity contribution in [3.63, 3.8) is 0 Å². The van der Waals surface area contributed by atoms with Gasteiger partial charge in [0, 0.05) is 5.92 Å². The van der Waals surface area contributed by atoms with E-state index in [-0.39, 0.29) is 42.1 Å². The van der Waals surface area contributed by atoms with E-state index in [9.17, 15) is 13.0 Å². The average Bonchev–Trinajstić information content (AvgIpc) is 2.96. The maximum Gasteiger partial charge on any atom is 1.00 e. The monoisotopic (exact) mass is 637 g/mol. The van der Waals surface area contributed by atoms with Crippen molar-refractivity contribution in [1.82, 2.24) is 0 Å². The van der Waals surface area contributed by atoms with E-state index in [1.807, 2.05) is 0 Å². The molecular weight excluding hydrogens is 563 g/mol. The minimum absolute atomic E-state index is 0. The van der Waals surface area contributed by atoms with Gasteiger partial charge in [0.05, 0.1) is 6.61 Å². The van der Waals surface area contributed by atoms with Crippen LogP contribution in [-0.2, 0) is 14.6 Å². The molecule has 0 rings (SSSR count). The van der Waals surface area contributed by atoms with Gasteiger partial charge in [0.2, 0.25) is 10.4 Å². The minimum Gasteiger partial charge on any atom is -0.726 e. The van der Waals surface area contributed by atoms with E-state index in [2.05, 4.69) is 30.2 Å². The fourth-order valence-electron chi connectivity index (χ4n) is 5.93. The van der Waals surface area contributed by atoms with Gasteiger partial charge in [0.25, 0.3) is 0 Å². The summed E-state index contributed by atoms with van der Waals surface area (Å²) in [5.41, 5.74) is 0. The molecule has 0 saturated carbocycles. The molecule has 1 unspecified atom stereocenters. The van der Waals surface area contributed by atoms with Gasteiger partial charge < -0.3 is 4.55 Å². The zero-order chi connectivity index (χ0) is 30.8. The Bertz CT molecular complexity index is 653. The third-order valence-corrected chi connectivity index (χ3v) is 9.16. The minimum atomic E-state index is -4.62. The Morgan fingerprint density at radius 3 is 1.14 bits per heavy atom. The van der Waals surface area contributed by atoms with E-state index in [1.54, 1.807) is 0 Å². The second-order valence-corrected chi connectivity index (χ2v) is 14.1. The Morgan fingerprint density at radius 1 is 0.512 bits per heavy atom. The SMILES string of the molecule is CCCCCCCCCCCCCCCCCC/C=C/C(CCCCCCCCCCCCCCC)COS(=O)(=O)[O-].[Na+]. The van der Waals surface area contributed by atoms with E-state index >= 15 is 0 Å². The van der Waals surface area contributed by atoms with Gasteiger partial charge in [-0.2, -0.15) is 0 Å². The summed E-state index contributed by atoms with van der Waals surface area (Å²) in [6, 6.07) is 0. The molecule has 0 aromatic heterocycles. The Labute approximate surface area is 293 Å². The first-order chi connectivity index (χ1) is 20.5. The Balaban J connectivity index is 0. The molecule has 0 radical (unpaired) electrons. The molecule has 0 aliphatic rings. The number of hydrogen-bond acceptors (Lipinski definition) is 4. The second kappa shape index (κ2) is 37.1. The number of allylic oxidation sites excluding steroid dienone is 1. The summed E-state index contributed by atoms with van der Waals surface area (Å²) in [5, 5.41) is 0. The van der Waals surface area contributed by atoms with Crippen molar-refractivity contribution in [3.05, 3.63) is 12.2 Å². The van der Waals surface area contributed by atoms with Gasteiger partial charge in [0.15, 0.2) is 0 Å². The summed E-state index contributed by atoms with van der Waals surface area (Å²) in [4.78, 5) is 0. The Hall–Kier alpha value is 0.610. The first-order valence-electron chi connectivity index (χ1n) is 18.8. The number of unbranched alkanes of at least 4 members (excludes halogenated alkanes) is 28. The number of rotatable bonds is 35. The fraction of sp³-hybridized carbons (Fsp3) is 0.946. The van der Waals surface area contributed by atoms with Crippen molar-refractivity contribution in [3.8, 4) is 0 Å². The Morgan fingerprint density at radius 2 is 0.814 bits per heavy atom. The maximum atomic E-state index is 11.0. The molecular formula is C37H73NaO4S. The van der Waals surface area contributed by atoms with Crippen LogP contribution in [0.2, 0.25) is 0 Å². The molecule has 0 saturated heterocycles. The molecule has 0 aromatic carbocycles. The largest absolute Gasteiger partial charge is 1.00 e. The van der Waals surface area contributed by atoms with Crippen molar-refractivity contribution in [2.24, 2.45) is 5.92 Å². The van der Waals surface area contributed by atoms with Crippen molar-refractivity contribution in [1.29, 1.82) is 0 Å². The smallest absolute Gasteiger partial charge is 0.726 e. The molecule has 1 atom stereocenters. The standard InChI is InChI=1S/C37H74O4S.Na/c1-3-5-7-9-11-13-15-17-18-19-20-21-23-25-27-29-31-33-35-37(36-41-42(38,39)40)34-32-30-28-26-24-22-16-14-12-10-8-6-4-2;/h33,35,37H,3-32,34,36H2,1-2H3,(H,38,39,40);/q;+1/p-1/b35-33+;. The average molecular weight is 637 g/mol. The quantitative estimate of drug-likeness (QED) is 0.0228. The predicted octanol–water partition coefficient (Wildman–Crippen LogP) is 9.77. The van der Waals surface area contributed by atoms with Gasteiger partial charge in [-0.1, -0.05) is 206 Å². The fourth-order valence-corrected chi connectivity index (χ4v) is 6.27. The van der Waals surface area contributed by atoms with Crippen LogP contribution in [0.4, 0.5) is 0 Å². The van der Waals surface area contributed by atoms with Crippen molar-refractivity contribution >= 4 is 10.4 Å². The predicted molar refractivity (Wildman–Crippen MR) is 183 cm³/mol. The molecule has 0 heterocycles. The maximum absolute atomic E-state index is 11.0. The van der Waals surface area contributed by atoms with E-state index in [4.69, 9.17) is 0 Å². The van der Waals surface area contributed by atoms with Gasteiger partial charge in [-0.05, 0) is 19.3 Å². The van der Waals surface area contributed by atoms with Crippen LogP contribution in [0.5, 0.6) is 0 Å². The molecule has 4 nitrogen and oxygen atoms in total. The van der Waals surface area contributed by atoms with E-state index in [1.165, 1.54) is 180 Å². The van der Waals surface area contributed by atoms with Crippen LogP contribution in [0, 0.1) is 5.92 Å². The van der Waals surface area contributed by atoms with Crippen LogP contribution in [0.25, 0.3) is 0 Å². The van der Waals surface area contributed by atoms with Crippen LogP contribution in [0.15, 0.2) is 12.2 Å². The summed E-state index contributed by atoms with van der Waals surface area (Å²) in [5.74, 6) is 0.0162. The van der Waals surface area contributed by atoms with Gasteiger partial charge in [-0.3, -0.25) is 4.18 Å². The molecule has 0 spiro atoms. The first-order valence-corrected chi connectivity index (χ1v) is 20.1. The van der Waals surface area contributed by atoms with E-state index in [0.29, 0.717) is 0 Å². The zero-order valence-corrected chi connectivity index (χ0v) is 32.2. The van der Waals surface area contributed by atoms with Crippen molar-refractivity contribution < 1.29 is 46.7 Å².